The normalized spacial score (nSPS) is 22.7. The van der Waals surface area contributed by atoms with Crippen LogP contribution in [0.1, 0.15) is 63.6 Å². The Balaban J connectivity index is 1.66. The van der Waals surface area contributed by atoms with Crippen molar-refractivity contribution >= 4 is 21.7 Å². The van der Waals surface area contributed by atoms with Crippen molar-refractivity contribution in [1.29, 1.82) is 0 Å². The zero-order valence-corrected chi connectivity index (χ0v) is 21.8. The molecule has 198 valence electrons. The number of hydrogen-bond acceptors (Lipinski definition) is 4. The molecule has 0 fully saturated rings. The van der Waals surface area contributed by atoms with Crippen LogP contribution in [-0.2, 0) is 29.9 Å². The number of carboxylic acids is 1. The van der Waals surface area contributed by atoms with Crippen molar-refractivity contribution in [2.45, 2.75) is 68.9 Å². The van der Waals surface area contributed by atoms with Gasteiger partial charge in [-0.25, -0.2) is 8.98 Å². The van der Waals surface area contributed by atoms with Crippen LogP contribution in [0.15, 0.2) is 60.7 Å². The number of fused-ring (bicyclic) bond motifs is 1. The van der Waals surface area contributed by atoms with Crippen LogP contribution in [0, 0.1) is 0 Å². The Morgan fingerprint density at radius 1 is 0.919 bits per heavy atom. The first-order valence-electron chi connectivity index (χ1n) is 11.9. The quantitative estimate of drug-likeness (QED) is 0.340. The standard InChI is InChI=1S/C28H29F3O5S/c1-25(2)14-15-26(3,4)23-17-21(8-9-22(23)25)20-7-5-6-19(16-20)18-10-12-27(13-11-18,24(32)33)36-37(34,35)28(29,30)31/h5-12,16-17H,13-15H2,1-4H3,(H,32,33). The van der Waals surface area contributed by atoms with Gasteiger partial charge in [0, 0.05) is 6.42 Å². The Bertz CT molecular complexity index is 1420. The largest absolute Gasteiger partial charge is 0.523 e. The number of hydrogen-bond donors (Lipinski definition) is 1. The third kappa shape index (κ3) is 4.99. The van der Waals surface area contributed by atoms with E-state index in [2.05, 4.69) is 50.1 Å². The van der Waals surface area contributed by atoms with E-state index in [-0.39, 0.29) is 10.8 Å². The predicted octanol–water partition coefficient (Wildman–Crippen LogP) is 6.74. The average molecular weight is 535 g/mol. The number of rotatable bonds is 5. The maximum atomic E-state index is 12.8. The second-order valence-corrected chi connectivity index (χ2v) is 12.5. The first-order valence-corrected chi connectivity index (χ1v) is 13.3. The van der Waals surface area contributed by atoms with Crippen LogP contribution in [-0.4, -0.2) is 30.6 Å². The van der Waals surface area contributed by atoms with Crippen molar-refractivity contribution < 1.29 is 35.7 Å². The Kier molecular flexibility index (Phi) is 6.48. The summed E-state index contributed by atoms with van der Waals surface area (Å²) in [5.74, 6) is -1.83. The summed E-state index contributed by atoms with van der Waals surface area (Å²) < 4.78 is 65.6. The van der Waals surface area contributed by atoms with E-state index in [0.29, 0.717) is 11.1 Å². The summed E-state index contributed by atoms with van der Waals surface area (Å²) in [5, 5.41) is 9.51. The highest BCUT2D eigenvalue weighted by Crippen LogP contribution is 2.47. The molecule has 0 saturated carbocycles. The molecule has 0 saturated heterocycles. The molecule has 0 radical (unpaired) electrons. The molecule has 1 atom stereocenters. The minimum atomic E-state index is -6.11. The molecule has 0 aromatic heterocycles. The van der Waals surface area contributed by atoms with Gasteiger partial charge in [0.15, 0.2) is 0 Å². The summed E-state index contributed by atoms with van der Waals surface area (Å²) >= 11 is 0. The predicted molar refractivity (Wildman–Crippen MR) is 135 cm³/mol. The SMILES string of the molecule is CC1(C)CCC(C)(C)c2cc(-c3cccc(C4=CCC(OS(=O)(=O)C(F)(F)F)(C(=O)O)C=C4)c3)ccc21. The first kappa shape index (κ1) is 27.1. The second-order valence-electron chi connectivity index (χ2n) is 11.0. The molecule has 37 heavy (non-hydrogen) atoms. The molecular formula is C28H29F3O5S. The summed E-state index contributed by atoms with van der Waals surface area (Å²) in [6.07, 6.45) is 5.10. The number of halogens is 3. The summed E-state index contributed by atoms with van der Waals surface area (Å²) in [4.78, 5) is 11.7. The van der Waals surface area contributed by atoms with E-state index in [1.54, 1.807) is 6.07 Å². The van der Waals surface area contributed by atoms with Crippen LogP contribution >= 0.6 is 0 Å². The number of carboxylic acid groups (broad SMARTS) is 1. The van der Waals surface area contributed by atoms with Crippen molar-refractivity contribution in [3.05, 3.63) is 77.4 Å². The van der Waals surface area contributed by atoms with Gasteiger partial charge in [-0.1, -0.05) is 76.2 Å². The van der Waals surface area contributed by atoms with Crippen LogP contribution in [0.25, 0.3) is 16.7 Å². The molecule has 0 aliphatic heterocycles. The lowest BCUT2D eigenvalue weighted by molar-refractivity contribution is -0.151. The number of allylic oxidation sites excluding steroid dienone is 2. The maximum Gasteiger partial charge on any atom is 0.523 e. The highest BCUT2D eigenvalue weighted by atomic mass is 32.2. The fraction of sp³-hybridized carbons (Fsp3) is 0.393. The van der Waals surface area contributed by atoms with Crippen LogP contribution in [0.5, 0.6) is 0 Å². The summed E-state index contributed by atoms with van der Waals surface area (Å²) in [6.45, 7) is 9.00. The Labute approximate surface area is 214 Å². The molecule has 1 unspecified atom stereocenters. The third-order valence-corrected chi connectivity index (χ3v) is 8.53. The first-order chi connectivity index (χ1) is 17.0. The Hall–Kier alpha value is -2.91. The molecule has 0 heterocycles. The van der Waals surface area contributed by atoms with E-state index in [0.717, 1.165) is 30.0 Å². The van der Waals surface area contributed by atoms with Gasteiger partial charge in [-0.05, 0) is 69.2 Å². The third-order valence-electron chi connectivity index (χ3n) is 7.44. The van der Waals surface area contributed by atoms with Crippen LogP contribution in [0.3, 0.4) is 0 Å². The summed E-state index contributed by atoms with van der Waals surface area (Å²) in [5.41, 5.74) is -2.45. The monoisotopic (exact) mass is 534 g/mol. The van der Waals surface area contributed by atoms with Gasteiger partial charge in [-0.15, -0.1) is 0 Å². The fourth-order valence-corrected chi connectivity index (χ4v) is 5.66. The van der Waals surface area contributed by atoms with Crippen molar-refractivity contribution in [3.63, 3.8) is 0 Å². The Morgan fingerprint density at radius 2 is 1.51 bits per heavy atom. The molecule has 9 heteroatoms. The number of aliphatic carboxylic acids is 1. The molecule has 1 N–H and O–H groups in total. The van der Waals surface area contributed by atoms with E-state index in [1.165, 1.54) is 23.3 Å². The number of carbonyl (C=O) groups is 1. The Morgan fingerprint density at radius 3 is 2.08 bits per heavy atom. The van der Waals surface area contributed by atoms with Crippen molar-refractivity contribution in [2.75, 3.05) is 0 Å². The van der Waals surface area contributed by atoms with Gasteiger partial charge in [0.1, 0.15) is 0 Å². The van der Waals surface area contributed by atoms with E-state index in [1.807, 2.05) is 18.2 Å². The van der Waals surface area contributed by atoms with E-state index < -0.39 is 33.6 Å². The molecule has 0 amide bonds. The lowest BCUT2D eigenvalue weighted by atomic mass is 9.63. The van der Waals surface area contributed by atoms with Gasteiger partial charge < -0.3 is 5.11 Å². The molecule has 2 aromatic rings. The van der Waals surface area contributed by atoms with Gasteiger partial charge in [0.2, 0.25) is 5.60 Å². The van der Waals surface area contributed by atoms with E-state index >= 15 is 0 Å². The van der Waals surface area contributed by atoms with Crippen molar-refractivity contribution in [2.24, 2.45) is 0 Å². The smallest absolute Gasteiger partial charge is 0.479 e. The summed E-state index contributed by atoms with van der Waals surface area (Å²) in [7, 11) is -6.11. The maximum absolute atomic E-state index is 12.8. The molecule has 2 aliphatic rings. The van der Waals surface area contributed by atoms with Crippen LogP contribution in [0.2, 0.25) is 0 Å². The zero-order chi connectivity index (χ0) is 27.4. The average Bonchev–Trinajstić information content (AvgIpc) is 2.81. The van der Waals surface area contributed by atoms with Crippen LogP contribution in [0.4, 0.5) is 13.2 Å². The molecule has 0 bridgehead atoms. The van der Waals surface area contributed by atoms with Crippen LogP contribution < -0.4 is 0 Å². The second kappa shape index (κ2) is 8.84. The van der Waals surface area contributed by atoms with Gasteiger partial charge in [-0.3, -0.25) is 0 Å². The van der Waals surface area contributed by atoms with Crippen molar-refractivity contribution in [1.82, 2.24) is 0 Å². The topological polar surface area (TPSA) is 80.7 Å². The lowest BCUT2D eigenvalue weighted by Gasteiger charge is -2.42. The zero-order valence-electron chi connectivity index (χ0n) is 21.0. The molecular weight excluding hydrogens is 505 g/mol. The molecule has 5 nitrogen and oxygen atoms in total. The number of benzene rings is 2. The minimum Gasteiger partial charge on any atom is -0.479 e. The molecule has 4 rings (SSSR count). The van der Waals surface area contributed by atoms with Gasteiger partial charge in [0.25, 0.3) is 0 Å². The van der Waals surface area contributed by atoms with Gasteiger partial charge in [0.05, 0.1) is 0 Å². The molecule has 2 aliphatic carbocycles. The molecule has 0 spiro atoms. The lowest BCUT2D eigenvalue weighted by Crippen LogP contribution is -2.45. The minimum absolute atomic E-state index is 0.0318. The number of alkyl halides is 3. The van der Waals surface area contributed by atoms with E-state index in [4.69, 9.17) is 0 Å². The van der Waals surface area contributed by atoms with Crippen molar-refractivity contribution in [3.8, 4) is 11.1 Å². The highest BCUT2D eigenvalue weighted by Gasteiger charge is 2.54. The summed E-state index contributed by atoms with van der Waals surface area (Å²) in [6, 6.07) is 14.0. The molecule has 2 aromatic carbocycles. The fourth-order valence-electron chi connectivity index (χ4n) is 4.98. The van der Waals surface area contributed by atoms with E-state index in [9.17, 15) is 31.5 Å². The highest BCUT2D eigenvalue weighted by molar-refractivity contribution is 7.87. The van der Waals surface area contributed by atoms with Gasteiger partial charge in [-0.2, -0.15) is 21.6 Å². The van der Waals surface area contributed by atoms with Gasteiger partial charge >= 0.3 is 21.6 Å².